The summed E-state index contributed by atoms with van der Waals surface area (Å²) in [5.74, 6) is 0.483. The molecule has 0 aromatic heterocycles. The van der Waals surface area contributed by atoms with Crippen molar-refractivity contribution in [3.05, 3.63) is 65.2 Å². The molecule has 1 amide bonds. The van der Waals surface area contributed by atoms with E-state index >= 15 is 0 Å². The van der Waals surface area contributed by atoms with Gasteiger partial charge in [0, 0.05) is 6.42 Å². The summed E-state index contributed by atoms with van der Waals surface area (Å²) < 4.78 is 43.6. The average Bonchev–Trinajstić information content (AvgIpc) is 2.59. The first kappa shape index (κ1) is 18.8. The van der Waals surface area contributed by atoms with Crippen LogP contribution in [0.1, 0.15) is 36.1 Å². The van der Waals surface area contributed by atoms with Crippen LogP contribution in [0.3, 0.4) is 0 Å². The van der Waals surface area contributed by atoms with Crippen molar-refractivity contribution in [3.63, 3.8) is 0 Å². The normalized spacial score (nSPS) is 12.5. The number of alkyl halides is 3. The molecule has 0 heterocycles. The maximum Gasteiger partial charge on any atom is 0.416 e. The van der Waals surface area contributed by atoms with Crippen LogP contribution in [0, 0.1) is 0 Å². The van der Waals surface area contributed by atoms with E-state index in [4.69, 9.17) is 4.74 Å². The molecule has 2 aromatic rings. The molecule has 0 aliphatic rings. The molecular formula is C19H20F3NO2. The van der Waals surface area contributed by atoms with Crippen molar-refractivity contribution in [2.24, 2.45) is 0 Å². The number of carbonyl (C=O) groups excluding carboxylic acids is 1. The summed E-state index contributed by atoms with van der Waals surface area (Å²) in [5.41, 5.74) is 0.604. The van der Waals surface area contributed by atoms with Gasteiger partial charge >= 0.3 is 6.18 Å². The number of amides is 1. The van der Waals surface area contributed by atoms with Crippen molar-refractivity contribution < 1.29 is 22.7 Å². The minimum Gasteiger partial charge on any atom is -0.496 e. The van der Waals surface area contributed by atoms with Gasteiger partial charge in [0.2, 0.25) is 5.91 Å². The average molecular weight is 351 g/mol. The van der Waals surface area contributed by atoms with E-state index in [2.05, 4.69) is 5.32 Å². The topological polar surface area (TPSA) is 38.3 Å². The van der Waals surface area contributed by atoms with Crippen LogP contribution in [0.25, 0.3) is 0 Å². The molecule has 3 nitrogen and oxygen atoms in total. The van der Waals surface area contributed by atoms with E-state index in [0.29, 0.717) is 17.7 Å². The van der Waals surface area contributed by atoms with E-state index in [1.54, 1.807) is 20.1 Å². The first-order chi connectivity index (χ1) is 11.8. The molecule has 6 heteroatoms. The maximum absolute atomic E-state index is 12.8. The molecule has 0 bridgehead atoms. The van der Waals surface area contributed by atoms with Crippen LogP contribution in [-0.2, 0) is 17.4 Å². The van der Waals surface area contributed by atoms with E-state index in [0.717, 1.165) is 17.7 Å². The lowest BCUT2D eigenvalue weighted by atomic mass is 10.0. The van der Waals surface area contributed by atoms with Crippen molar-refractivity contribution >= 4 is 5.91 Å². The standard InChI is InChI=1S/C19H20F3NO2/c1-13(15-7-5-8-16(12-15)19(20,21)22)23-18(24)11-10-14-6-3-4-9-17(14)25-2/h3-9,12-13H,10-11H2,1-2H3,(H,23,24). The highest BCUT2D eigenvalue weighted by atomic mass is 19.4. The van der Waals surface area contributed by atoms with Crippen molar-refractivity contribution in [1.82, 2.24) is 5.32 Å². The Morgan fingerprint density at radius 1 is 1.16 bits per heavy atom. The zero-order valence-corrected chi connectivity index (χ0v) is 14.1. The van der Waals surface area contributed by atoms with Gasteiger partial charge < -0.3 is 10.1 Å². The molecule has 1 unspecified atom stereocenters. The van der Waals surface area contributed by atoms with Crippen LogP contribution < -0.4 is 10.1 Å². The van der Waals surface area contributed by atoms with Crippen molar-refractivity contribution in [2.75, 3.05) is 7.11 Å². The van der Waals surface area contributed by atoms with E-state index in [1.807, 2.05) is 24.3 Å². The lowest BCUT2D eigenvalue weighted by Crippen LogP contribution is -2.27. The third-order valence-corrected chi connectivity index (χ3v) is 3.91. The number of carbonyl (C=O) groups is 1. The molecule has 0 aliphatic carbocycles. The SMILES string of the molecule is COc1ccccc1CCC(=O)NC(C)c1cccc(C(F)(F)F)c1. The summed E-state index contributed by atoms with van der Waals surface area (Å²) in [6.45, 7) is 1.66. The van der Waals surface area contributed by atoms with E-state index in [9.17, 15) is 18.0 Å². The third-order valence-electron chi connectivity index (χ3n) is 3.91. The Balaban J connectivity index is 1.96. The van der Waals surface area contributed by atoms with Gasteiger partial charge in [0.25, 0.3) is 0 Å². The second-order valence-corrected chi connectivity index (χ2v) is 5.72. The Kier molecular flexibility index (Phi) is 6.07. The number of aryl methyl sites for hydroxylation is 1. The second kappa shape index (κ2) is 8.05. The molecule has 1 N–H and O–H groups in total. The molecule has 134 valence electrons. The fraction of sp³-hybridized carbons (Fsp3) is 0.316. The fourth-order valence-electron chi connectivity index (χ4n) is 2.54. The summed E-state index contributed by atoms with van der Waals surface area (Å²) in [7, 11) is 1.56. The van der Waals surface area contributed by atoms with E-state index < -0.39 is 17.8 Å². The molecule has 0 aliphatic heterocycles. The molecule has 1 atom stereocenters. The number of rotatable bonds is 6. The Bertz CT molecular complexity index is 729. The lowest BCUT2D eigenvalue weighted by Gasteiger charge is -2.16. The van der Waals surface area contributed by atoms with Gasteiger partial charge in [0.15, 0.2) is 0 Å². The molecule has 2 aromatic carbocycles. The highest BCUT2D eigenvalue weighted by Crippen LogP contribution is 2.30. The zero-order valence-electron chi connectivity index (χ0n) is 14.1. The molecule has 25 heavy (non-hydrogen) atoms. The highest BCUT2D eigenvalue weighted by molar-refractivity contribution is 5.76. The molecule has 0 saturated carbocycles. The monoisotopic (exact) mass is 351 g/mol. The van der Waals surface area contributed by atoms with Gasteiger partial charge in [0.05, 0.1) is 18.7 Å². The summed E-state index contributed by atoms with van der Waals surface area (Å²) in [6, 6.07) is 11.9. The Morgan fingerprint density at radius 2 is 1.88 bits per heavy atom. The van der Waals surface area contributed by atoms with Crippen LogP contribution in [-0.4, -0.2) is 13.0 Å². The number of nitrogens with one attached hydrogen (secondary N) is 1. The van der Waals surface area contributed by atoms with Gasteiger partial charge in [-0.2, -0.15) is 13.2 Å². The van der Waals surface area contributed by atoms with Gasteiger partial charge in [-0.25, -0.2) is 0 Å². The van der Waals surface area contributed by atoms with Crippen LogP contribution in [0.2, 0.25) is 0 Å². The number of para-hydroxylation sites is 1. The number of halogens is 3. The van der Waals surface area contributed by atoms with E-state index in [-0.39, 0.29) is 12.3 Å². The number of methoxy groups -OCH3 is 1. The van der Waals surface area contributed by atoms with Crippen LogP contribution >= 0.6 is 0 Å². The largest absolute Gasteiger partial charge is 0.496 e. The number of benzene rings is 2. The van der Waals surface area contributed by atoms with E-state index in [1.165, 1.54) is 6.07 Å². The van der Waals surface area contributed by atoms with Crippen molar-refractivity contribution in [3.8, 4) is 5.75 Å². The fourth-order valence-corrected chi connectivity index (χ4v) is 2.54. The van der Waals surface area contributed by atoms with Gasteiger partial charge in [-0.05, 0) is 42.7 Å². The summed E-state index contributed by atoms with van der Waals surface area (Å²) >= 11 is 0. The molecule has 0 saturated heterocycles. The zero-order chi connectivity index (χ0) is 18.4. The minimum atomic E-state index is -4.40. The highest BCUT2D eigenvalue weighted by Gasteiger charge is 2.30. The Labute approximate surface area is 144 Å². The first-order valence-corrected chi connectivity index (χ1v) is 7.89. The second-order valence-electron chi connectivity index (χ2n) is 5.72. The lowest BCUT2D eigenvalue weighted by molar-refractivity contribution is -0.137. The van der Waals surface area contributed by atoms with Gasteiger partial charge in [-0.15, -0.1) is 0 Å². The van der Waals surface area contributed by atoms with Gasteiger partial charge in [0.1, 0.15) is 5.75 Å². The minimum absolute atomic E-state index is 0.226. The Morgan fingerprint density at radius 3 is 2.56 bits per heavy atom. The number of hydrogen-bond donors (Lipinski definition) is 1. The quantitative estimate of drug-likeness (QED) is 0.831. The van der Waals surface area contributed by atoms with Crippen molar-refractivity contribution in [2.45, 2.75) is 32.0 Å². The summed E-state index contributed by atoms with van der Waals surface area (Å²) in [4.78, 5) is 12.1. The number of hydrogen-bond acceptors (Lipinski definition) is 2. The molecular weight excluding hydrogens is 331 g/mol. The molecule has 0 spiro atoms. The molecule has 0 fully saturated rings. The molecule has 0 radical (unpaired) electrons. The van der Waals surface area contributed by atoms with Crippen LogP contribution in [0.15, 0.2) is 48.5 Å². The first-order valence-electron chi connectivity index (χ1n) is 7.89. The van der Waals surface area contributed by atoms with Gasteiger partial charge in [-0.3, -0.25) is 4.79 Å². The smallest absolute Gasteiger partial charge is 0.416 e. The predicted octanol–water partition coefficient (Wildman–Crippen LogP) is 4.52. The summed E-state index contributed by atoms with van der Waals surface area (Å²) in [6.07, 6.45) is -3.68. The van der Waals surface area contributed by atoms with Crippen molar-refractivity contribution in [1.29, 1.82) is 0 Å². The summed E-state index contributed by atoms with van der Waals surface area (Å²) in [5, 5.41) is 2.74. The molecule has 2 rings (SSSR count). The third kappa shape index (κ3) is 5.24. The predicted molar refractivity (Wildman–Crippen MR) is 89.3 cm³/mol. The number of ether oxygens (including phenoxy) is 1. The Hall–Kier alpha value is -2.50. The maximum atomic E-state index is 12.8. The van der Waals surface area contributed by atoms with Crippen LogP contribution in [0.4, 0.5) is 13.2 Å². The van der Waals surface area contributed by atoms with Gasteiger partial charge in [-0.1, -0.05) is 30.3 Å². The van der Waals surface area contributed by atoms with Crippen LogP contribution in [0.5, 0.6) is 5.75 Å².